The first-order chi connectivity index (χ1) is 8.29. The van der Waals surface area contributed by atoms with Crippen LogP contribution in [0.1, 0.15) is 24.8 Å². The molecule has 0 radical (unpaired) electrons. The molecule has 4 heteroatoms. The number of rotatable bonds is 4. The SMILES string of the molecule is N#Cc1cc(NCCC2CCCO2)ccc1F. The van der Waals surface area contributed by atoms with Crippen molar-refractivity contribution in [3.8, 4) is 6.07 Å². The van der Waals surface area contributed by atoms with E-state index in [1.165, 1.54) is 12.1 Å². The fraction of sp³-hybridized carbons (Fsp3) is 0.462. The van der Waals surface area contributed by atoms with Crippen molar-refractivity contribution in [1.29, 1.82) is 5.26 Å². The highest BCUT2D eigenvalue weighted by molar-refractivity contribution is 5.49. The number of nitrogens with zero attached hydrogens (tertiary/aromatic N) is 1. The molecule has 0 bridgehead atoms. The average Bonchev–Trinajstić information content (AvgIpc) is 2.84. The minimum absolute atomic E-state index is 0.0760. The summed E-state index contributed by atoms with van der Waals surface area (Å²) in [5.74, 6) is -0.475. The third kappa shape index (κ3) is 3.18. The smallest absolute Gasteiger partial charge is 0.141 e. The van der Waals surface area contributed by atoms with E-state index in [9.17, 15) is 4.39 Å². The molecule has 3 nitrogen and oxygen atoms in total. The maximum atomic E-state index is 13.1. The summed E-state index contributed by atoms with van der Waals surface area (Å²) in [6.07, 6.45) is 3.55. The lowest BCUT2D eigenvalue weighted by atomic mass is 10.1. The van der Waals surface area contributed by atoms with Crippen molar-refractivity contribution < 1.29 is 9.13 Å². The monoisotopic (exact) mass is 234 g/mol. The molecule has 1 aliphatic rings. The van der Waals surface area contributed by atoms with Crippen molar-refractivity contribution in [1.82, 2.24) is 0 Å². The van der Waals surface area contributed by atoms with Gasteiger partial charge in [0.1, 0.15) is 11.9 Å². The summed E-state index contributed by atoms with van der Waals surface area (Å²) in [5, 5.41) is 11.9. The van der Waals surface area contributed by atoms with Gasteiger partial charge in [0.25, 0.3) is 0 Å². The summed E-state index contributed by atoms with van der Waals surface area (Å²) in [6, 6.07) is 6.32. The van der Waals surface area contributed by atoms with E-state index in [0.717, 1.165) is 38.1 Å². The number of ether oxygens (including phenoxy) is 1. The Bertz CT molecular complexity index is 422. The van der Waals surface area contributed by atoms with E-state index in [1.807, 2.05) is 6.07 Å². The summed E-state index contributed by atoms with van der Waals surface area (Å²) in [6.45, 7) is 1.64. The number of nitriles is 1. The van der Waals surface area contributed by atoms with Crippen LogP contribution in [-0.2, 0) is 4.74 Å². The first-order valence-corrected chi connectivity index (χ1v) is 5.85. The summed E-state index contributed by atoms with van der Waals surface area (Å²) in [7, 11) is 0. The van der Waals surface area contributed by atoms with Crippen LogP contribution in [0.25, 0.3) is 0 Å². The van der Waals surface area contributed by atoms with Crippen molar-refractivity contribution in [2.45, 2.75) is 25.4 Å². The zero-order valence-corrected chi connectivity index (χ0v) is 9.58. The lowest BCUT2D eigenvalue weighted by molar-refractivity contribution is 0.107. The molecule has 1 atom stereocenters. The second-order valence-corrected chi connectivity index (χ2v) is 4.16. The Morgan fingerprint density at radius 3 is 3.12 bits per heavy atom. The van der Waals surface area contributed by atoms with Gasteiger partial charge >= 0.3 is 0 Å². The first-order valence-electron chi connectivity index (χ1n) is 5.85. The van der Waals surface area contributed by atoms with Crippen molar-refractivity contribution >= 4 is 5.69 Å². The fourth-order valence-corrected chi connectivity index (χ4v) is 1.97. The van der Waals surface area contributed by atoms with E-state index in [-0.39, 0.29) is 5.56 Å². The highest BCUT2D eigenvalue weighted by Crippen LogP contribution is 2.17. The molecule has 0 aliphatic carbocycles. The van der Waals surface area contributed by atoms with Crippen molar-refractivity contribution in [3.05, 3.63) is 29.6 Å². The Morgan fingerprint density at radius 1 is 1.53 bits per heavy atom. The minimum atomic E-state index is -0.475. The number of benzene rings is 1. The largest absolute Gasteiger partial charge is 0.385 e. The van der Waals surface area contributed by atoms with Crippen LogP contribution in [0, 0.1) is 17.1 Å². The minimum Gasteiger partial charge on any atom is -0.385 e. The molecule has 0 saturated carbocycles. The van der Waals surface area contributed by atoms with Gasteiger partial charge in [-0.2, -0.15) is 5.26 Å². The molecule has 1 saturated heterocycles. The fourth-order valence-electron chi connectivity index (χ4n) is 1.97. The molecular formula is C13H15FN2O. The van der Waals surface area contributed by atoms with E-state index >= 15 is 0 Å². The molecule has 1 aromatic carbocycles. The molecule has 17 heavy (non-hydrogen) atoms. The van der Waals surface area contributed by atoms with Crippen LogP contribution in [0.5, 0.6) is 0 Å². The zero-order chi connectivity index (χ0) is 12.1. The van der Waals surface area contributed by atoms with Gasteiger partial charge in [-0.25, -0.2) is 4.39 Å². The molecule has 1 heterocycles. The molecule has 0 spiro atoms. The van der Waals surface area contributed by atoms with Crippen molar-refractivity contribution in [2.24, 2.45) is 0 Å². The predicted molar refractivity (Wildman–Crippen MR) is 63.2 cm³/mol. The van der Waals surface area contributed by atoms with Crippen molar-refractivity contribution in [2.75, 3.05) is 18.5 Å². The zero-order valence-electron chi connectivity index (χ0n) is 9.58. The first kappa shape index (κ1) is 11.9. The van der Waals surface area contributed by atoms with Crippen LogP contribution >= 0.6 is 0 Å². The summed E-state index contributed by atoms with van der Waals surface area (Å²) in [5.41, 5.74) is 0.855. The predicted octanol–water partition coefficient (Wildman–Crippen LogP) is 2.68. The standard InChI is InChI=1S/C13H15FN2O/c14-13-4-3-11(8-10(13)9-15)16-6-5-12-2-1-7-17-12/h3-4,8,12,16H,1-2,5-7H2. The molecular weight excluding hydrogens is 219 g/mol. The van der Waals surface area contributed by atoms with Gasteiger partial charge in [0.15, 0.2) is 0 Å². The Kier molecular flexibility index (Phi) is 3.94. The molecule has 1 fully saturated rings. The lowest BCUT2D eigenvalue weighted by Crippen LogP contribution is -2.12. The number of hydrogen-bond acceptors (Lipinski definition) is 3. The molecule has 1 unspecified atom stereocenters. The van der Waals surface area contributed by atoms with Gasteiger partial charge in [0.2, 0.25) is 0 Å². The molecule has 1 N–H and O–H groups in total. The second-order valence-electron chi connectivity index (χ2n) is 4.16. The van der Waals surface area contributed by atoms with E-state index in [1.54, 1.807) is 6.07 Å². The van der Waals surface area contributed by atoms with E-state index in [4.69, 9.17) is 10.00 Å². The van der Waals surface area contributed by atoms with Crippen LogP contribution in [0.4, 0.5) is 10.1 Å². The normalized spacial score (nSPS) is 18.9. The van der Waals surface area contributed by atoms with Gasteiger partial charge in [-0.1, -0.05) is 0 Å². The van der Waals surface area contributed by atoms with Crippen molar-refractivity contribution in [3.63, 3.8) is 0 Å². The summed E-state index contributed by atoms with van der Waals surface area (Å²) in [4.78, 5) is 0. The highest BCUT2D eigenvalue weighted by atomic mass is 19.1. The van der Waals surface area contributed by atoms with Crippen LogP contribution in [-0.4, -0.2) is 19.3 Å². The number of hydrogen-bond donors (Lipinski definition) is 1. The second kappa shape index (κ2) is 5.65. The number of halogens is 1. The topological polar surface area (TPSA) is 45.0 Å². The Labute approximate surface area is 100 Å². The molecule has 90 valence electrons. The number of nitrogens with one attached hydrogen (secondary N) is 1. The Hall–Kier alpha value is -1.60. The third-order valence-electron chi connectivity index (χ3n) is 2.91. The number of anilines is 1. The molecule has 1 aliphatic heterocycles. The molecule has 2 rings (SSSR count). The maximum Gasteiger partial charge on any atom is 0.141 e. The Balaban J connectivity index is 1.84. The molecule has 0 aromatic heterocycles. The van der Waals surface area contributed by atoms with Crippen LogP contribution in [0.15, 0.2) is 18.2 Å². The van der Waals surface area contributed by atoms with Gasteiger partial charge < -0.3 is 10.1 Å². The molecule has 0 amide bonds. The van der Waals surface area contributed by atoms with Gasteiger partial charge in [-0.15, -0.1) is 0 Å². The van der Waals surface area contributed by atoms with E-state index in [2.05, 4.69) is 5.32 Å². The summed E-state index contributed by atoms with van der Waals surface area (Å²) >= 11 is 0. The van der Waals surface area contributed by atoms with Crippen LogP contribution in [0.3, 0.4) is 0 Å². The maximum absolute atomic E-state index is 13.1. The van der Waals surface area contributed by atoms with Gasteiger partial charge in [-0.05, 0) is 37.5 Å². The van der Waals surface area contributed by atoms with E-state index in [0.29, 0.717) is 6.10 Å². The van der Waals surface area contributed by atoms with Gasteiger partial charge in [0.05, 0.1) is 11.7 Å². The quantitative estimate of drug-likeness (QED) is 0.871. The Morgan fingerprint density at radius 2 is 2.41 bits per heavy atom. The lowest BCUT2D eigenvalue weighted by Gasteiger charge is -2.11. The molecule has 1 aromatic rings. The van der Waals surface area contributed by atoms with Gasteiger partial charge in [0, 0.05) is 18.8 Å². The van der Waals surface area contributed by atoms with Crippen LogP contribution in [0.2, 0.25) is 0 Å². The average molecular weight is 234 g/mol. The summed E-state index contributed by atoms with van der Waals surface area (Å²) < 4.78 is 18.6. The highest BCUT2D eigenvalue weighted by Gasteiger charge is 2.14. The van der Waals surface area contributed by atoms with E-state index < -0.39 is 5.82 Å². The van der Waals surface area contributed by atoms with Crippen LogP contribution < -0.4 is 5.32 Å². The van der Waals surface area contributed by atoms with Gasteiger partial charge in [-0.3, -0.25) is 0 Å². The third-order valence-corrected chi connectivity index (χ3v) is 2.91.